The standard InChI is InChI=1S/C10H17NO4S/c1-3-5-6-7-8-11-16(13,14)9-10(12)15-4-2/h1,11H,4-9H2,2H3. The van der Waals surface area contributed by atoms with E-state index in [2.05, 4.69) is 15.4 Å². The molecule has 1 N–H and O–H groups in total. The number of carbonyl (C=O) groups is 1. The zero-order valence-corrected chi connectivity index (χ0v) is 10.2. The second kappa shape index (κ2) is 8.13. The molecule has 0 amide bonds. The third kappa shape index (κ3) is 8.26. The zero-order valence-electron chi connectivity index (χ0n) is 9.36. The molecule has 0 aromatic carbocycles. The summed E-state index contributed by atoms with van der Waals surface area (Å²) in [6.07, 6.45) is 7.09. The quantitative estimate of drug-likeness (QED) is 0.380. The molecule has 0 aliphatic heterocycles. The smallest absolute Gasteiger partial charge is 0.322 e. The zero-order chi connectivity index (χ0) is 12.4. The van der Waals surface area contributed by atoms with Gasteiger partial charge in [-0.2, -0.15) is 0 Å². The van der Waals surface area contributed by atoms with Crippen LogP contribution in [0.3, 0.4) is 0 Å². The Morgan fingerprint density at radius 3 is 2.69 bits per heavy atom. The van der Waals surface area contributed by atoms with Gasteiger partial charge in [0.15, 0.2) is 5.75 Å². The van der Waals surface area contributed by atoms with Gasteiger partial charge in [-0.1, -0.05) is 0 Å². The van der Waals surface area contributed by atoms with E-state index in [1.807, 2.05) is 0 Å². The van der Waals surface area contributed by atoms with E-state index in [0.717, 1.165) is 6.42 Å². The molecule has 0 aliphatic rings. The van der Waals surface area contributed by atoms with Gasteiger partial charge in [-0.15, -0.1) is 12.3 Å². The summed E-state index contributed by atoms with van der Waals surface area (Å²) in [5.74, 6) is 1.10. The summed E-state index contributed by atoms with van der Waals surface area (Å²) in [5, 5.41) is 0. The number of terminal acetylenes is 1. The lowest BCUT2D eigenvalue weighted by molar-refractivity contribution is -0.139. The van der Waals surface area contributed by atoms with Crippen molar-refractivity contribution in [1.82, 2.24) is 4.72 Å². The maximum atomic E-state index is 11.3. The molecule has 0 radical (unpaired) electrons. The van der Waals surface area contributed by atoms with Crippen LogP contribution >= 0.6 is 0 Å². The van der Waals surface area contributed by atoms with Crippen LogP contribution in [0, 0.1) is 12.3 Å². The maximum absolute atomic E-state index is 11.3. The van der Waals surface area contributed by atoms with Crippen molar-refractivity contribution in [2.75, 3.05) is 18.9 Å². The topological polar surface area (TPSA) is 72.5 Å². The van der Waals surface area contributed by atoms with E-state index in [1.165, 1.54) is 0 Å². The van der Waals surface area contributed by atoms with Gasteiger partial charge >= 0.3 is 5.97 Å². The number of hydrogen-bond donors (Lipinski definition) is 1. The Balaban J connectivity index is 3.80. The van der Waals surface area contributed by atoms with Crippen molar-refractivity contribution in [1.29, 1.82) is 0 Å². The Hall–Kier alpha value is -1.06. The lowest BCUT2D eigenvalue weighted by Crippen LogP contribution is -2.31. The highest BCUT2D eigenvalue weighted by molar-refractivity contribution is 7.90. The highest BCUT2D eigenvalue weighted by Gasteiger charge is 2.16. The predicted octanol–water partition coefficient (Wildman–Crippen LogP) is 0.272. The summed E-state index contributed by atoms with van der Waals surface area (Å²) in [6.45, 7) is 2.09. The van der Waals surface area contributed by atoms with E-state index in [9.17, 15) is 13.2 Å². The van der Waals surface area contributed by atoms with Gasteiger partial charge in [-0.05, 0) is 19.8 Å². The van der Waals surface area contributed by atoms with Crippen LogP contribution < -0.4 is 4.72 Å². The average Bonchev–Trinajstić information content (AvgIpc) is 2.16. The van der Waals surface area contributed by atoms with Gasteiger partial charge in [0.1, 0.15) is 0 Å². The van der Waals surface area contributed by atoms with Crippen LogP contribution in [0.1, 0.15) is 26.2 Å². The molecule has 0 aromatic heterocycles. The van der Waals surface area contributed by atoms with Crippen LogP contribution in [-0.2, 0) is 19.6 Å². The first-order chi connectivity index (χ1) is 7.52. The summed E-state index contributed by atoms with van der Waals surface area (Å²) < 4.78 is 29.4. The van der Waals surface area contributed by atoms with Gasteiger partial charge in [0, 0.05) is 13.0 Å². The molecule has 0 aromatic rings. The molecular weight excluding hydrogens is 230 g/mol. The molecule has 0 aliphatic carbocycles. The van der Waals surface area contributed by atoms with Crippen LogP contribution in [0.4, 0.5) is 0 Å². The molecule has 5 nitrogen and oxygen atoms in total. The highest BCUT2D eigenvalue weighted by atomic mass is 32.2. The summed E-state index contributed by atoms with van der Waals surface area (Å²) in [5.41, 5.74) is 0. The van der Waals surface area contributed by atoms with Gasteiger partial charge in [0.05, 0.1) is 6.61 Å². The fraction of sp³-hybridized carbons (Fsp3) is 0.700. The number of ether oxygens (including phenoxy) is 1. The number of unbranched alkanes of at least 4 members (excludes halogenated alkanes) is 2. The van der Waals surface area contributed by atoms with Crippen LogP contribution in [0.25, 0.3) is 0 Å². The summed E-state index contributed by atoms with van der Waals surface area (Å²) >= 11 is 0. The van der Waals surface area contributed by atoms with Crippen LogP contribution in [0.2, 0.25) is 0 Å². The minimum absolute atomic E-state index is 0.177. The number of hydrogen-bond acceptors (Lipinski definition) is 4. The second-order valence-corrected chi connectivity index (χ2v) is 4.93. The molecule has 0 heterocycles. The Morgan fingerprint density at radius 1 is 1.44 bits per heavy atom. The SMILES string of the molecule is C#CCCCCNS(=O)(=O)CC(=O)OCC. The van der Waals surface area contributed by atoms with E-state index in [1.54, 1.807) is 6.92 Å². The van der Waals surface area contributed by atoms with Crippen molar-refractivity contribution in [3.05, 3.63) is 0 Å². The molecule has 0 unspecified atom stereocenters. The fourth-order valence-electron chi connectivity index (χ4n) is 0.989. The Kier molecular flexibility index (Phi) is 7.60. The van der Waals surface area contributed by atoms with E-state index in [4.69, 9.17) is 6.42 Å². The molecule has 6 heteroatoms. The van der Waals surface area contributed by atoms with Crippen molar-refractivity contribution >= 4 is 16.0 Å². The molecule has 92 valence electrons. The van der Waals surface area contributed by atoms with Gasteiger partial charge < -0.3 is 4.74 Å². The lowest BCUT2D eigenvalue weighted by atomic mass is 10.2. The van der Waals surface area contributed by atoms with Crippen molar-refractivity contribution in [2.45, 2.75) is 26.2 Å². The molecule has 0 spiro atoms. The van der Waals surface area contributed by atoms with Crippen molar-refractivity contribution in [3.8, 4) is 12.3 Å². The summed E-state index contributed by atoms with van der Waals surface area (Å²) in [4.78, 5) is 10.9. The Morgan fingerprint density at radius 2 is 2.12 bits per heavy atom. The Labute approximate surface area is 96.6 Å². The Bertz CT molecular complexity index is 342. The van der Waals surface area contributed by atoms with E-state index >= 15 is 0 Å². The number of carbonyl (C=O) groups excluding carboxylic acids is 1. The third-order valence-corrected chi connectivity index (χ3v) is 2.94. The van der Waals surface area contributed by atoms with E-state index < -0.39 is 21.7 Å². The molecule has 0 bridgehead atoms. The van der Waals surface area contributed by atoms with Crippen LogP contribution in [0.15, 0.2) is 0 Å². The van der Waals surface area contributed by atoms with E-state index in [0.29, 0.717) is 19.4 Å². The van der Waals surface area contributed by atoms with Gasteiger partial charge in [-0.3, -0.25) is 4.79 Å². The highest BCUT2D eigenvalue weighted by Crippen LogP contribution is 1.94. The fourth-order valence-corrected chi connectivity index (χ4v) is 1.94. The van der Waals surface area contributed by atoms with Crippen molar-refractivity contribution in [3.63, 3.8) is 0 Å². The number of rotatable bonds is 8. The van der Waals surface area contributed by atoms with E-state index in [-0.39, 0.29) is 6.61 Å². The van der Waals surface area contributed by atoms with Gasteiger partial charge in [0.25, 0.3) is 0 Å². The molecule has 0 saturated carbocycles. The van der Waals surface area contributed by atoms with Gasteiger partial charge in [-0.25, -0.2) is 13.1 Å². The lowest BCUT2D eigenvalue weighted by Gasteiger charge is -2.05. The van der Waals surface area contributed by atoms with Crippen LogP contribution in [0.5, 0.6) is 0 Å². The second-order valence-electron chi connectivity index (χ2n) is 3.12. The average molecular weight is 247 g/mol. The largest absolute Gasteiger partial charge is 0.465 e. The first-order valence-corrected chi connectivity index (χ1v) is 6.73. The normalized spacial score (nSPS) is 10.8. The molecule has 0 atom stereocenters. The maximum Gasteiger partial charge on any atom is 0.322 e. The van der Waals surface area contributed by atoms with Gasteiger partial charge in [0.2, 0.25) is 10.0 Å². The molecule has 16 heavy (non-hydrogen) atoms. The molecule has 0 rings (SSSR count). The number of sulfonamides is 1. The molecule has 0 saturated heterocycles. The number of esters is 1. The summed E-state index contributed by atoms with van der Waals surface area (Å²) in [6, 6.07) is 0. The van der Waals surface area contributed by atoms with Crippen molar-refractivity contribution in [2.24, 2.45) is 0 Å². The third-order valence-electron chi connectivity index (χ3n) is 1.68. The number of nitrogens with one attached hydrogen (secondary N) is 1. The minimum atomic E-state index is -3.57. The van der Waals surface area contributed by atoms with Crippen LogP contribution in [-0.4, -0.2) is 33.3 Å². The first-order valence-electron chi connectivity index (χ1n) is 5.08. The predicted molar refractivity (Wildman–Crippen MR) is 61.1 cm³/mol. The minimum Gasteiger partial charge on any atom is -0.465 e. The summed E-state index contributed by atoms with van der Waals surface area (Å²) in [7, 11) is -3.57. The molecular formula is C10H17NO4S. The molecule has 0 fully saturated rings. The van der Waals surface area contributed by atoms with Crippen molar-refractivity contribution < 1.29 is 17.9 Å². The monoisotopic (exact) mass is 247 g/mol. The first kappa shape index (κ1) is 14.9.